The predicted octanol–water partition coefficient (Wildman–Crippen LogP) is 3.82. The zero-order chi connectivity index (χ0) is 18.6. The van der Waals surface area contributed by atoms with E-state index in [1.165, 1.54) is 0 Å². The fourth-order valence-electron chi connectivity index (χ4n) is 2.53. The molecule has 1 aromatic rings. The van der Waals surface area contributed by atoms with Crippen molar-refractivity contribution in [3.63, 3.8) is 0 Å². The van der Waals surface area contributed by atoms with Gasteiger partial charge in [0.05, 0.1) is 28.8 Å². The van der Waals surface area contributed by atoms with Gasteiger partial charge in [-0.2, -0.15) is 0 Å². The van der Waals surface area contributed by atoms with Crippen molar-refractivity contribution in [2.75, 3.05) is 6.61 Å². The molecule has 136 valence electrons. The van der Waals surface area contributed by atoms with Gasteiger partial charge in [-0.05, 0) is 60.8 Å². The van der Waals surface area contributed by atoms with Crippen LogP contribution in [0.25, 0.3) is 0 Å². The van der Waals surface area contributed by atoms with Gasteiger partial charge in [-0.1, -0.05) is 13.0 Å². The third-order valence-corrected chi connectivity index (χ3v) is 4.20. The van der Waals surface area contributed by atoms with Crippen molar-refractivity contribution in [3.05, 3.63) is 39.5 Å². The molecule has 1 aliphatic heterocycles. The van der Waals surface area contributed by atoms with Gasteiger partial charge in [-0.15, -0.1) is 0 Å². The third kappa shape index (κ3) is 4.75. The average Bonchev–Trinajstić information content (AvgIpc) is 2.53. The lowest BCUT2D eigenvalue weighted by molar-refractivity contribution is -0.139. The number of nitrogens with one attached hydrogen (secondary N) is 2. The average molecular weight is 411 g/mol. The van der Waals surface area contributed by atoms with Crippen molar-refractivity contribution < 1.29 is 19.1 Å². The fraction of sp³-hybridized carbons (Fsp3) is 0.444. The van der Waals surface area contributed by atoms with E-state index in [1.807, 2.05) is 39.0 Å². The highest BCUT2D eigenvalue weighted by molar-refractivity contribution is 9.10. The maximum absolute atomic E-state index is 12.4. The number of benzene rings is 1. The Morgan fingerprint density at radius 1 is 1.36 bits per heavy atom. The van der Waals surface area contributed by atoms with Crippen LogP contribution in [0, 0.1) is 0 Å². The summed E-state index contributed by atoms with van der Waals surface area (Å²) in [4.78, 5) is 24.3. The summed E-state index contributed by atoms with van der Waals surface area (Å²) in [5, 5.41) is 5.42. The maximum atomic E-state index is 12.4. The molecule has 0 aromatic heterocycles. The summed E-state index contributed by atoms with van der Waals surface area (Å²) in [5.41, 5.74) is 1.66. The van der Waals surface area contributed by atoms with E-state index in [0.29, 0.717) is 23.6 Å². The third-order valence-electron chi connectivity index (χ3n) is 3.58. The second-order valence-corrected chi connectivity index (χ2v) is 6.92. The van der Waals surface area contributed by atoms with Crippen LogP contribution in [0.5, 0.6) is 5.75 Å². The van der Waals surface area contributed by atoms with E-state index in [2.05, 4.69) is 26.6 Å². The van der Waals surface area contributed by atoms with Crippen molar-refractivity contribution in [3.8, 4) is 5.75 Å². The fourth-order valence-corrected chi connectivity index (χ4v) is 3.02. The summed E-state index contributed by atoms with van der Waals surface area (Å²) in [7, 11) is 0. The Labute approximate surface area is 156 Å². The molecule has 1 aromatic carbocycles. The molecular weight excluding hydrogens is 388 g/mol. The molecule has 2 amide bonds. The second kappa shape index (κ2) is 8.38. The summed E-state index contributed by atoms with van der Waals surface area (Å²) in [6.07, 6.45) is 0.775. The first-order valence-electron chi connectivity index (χ1n) is 8.25. The van der Waals surface area contributed by atoms with Crippen LogP contribution in [0.1, 0.15) is 45.7 Å². The van der Waals surface area contributed by atoms with Crippen LogP contribution in [-0.2, 0) is 9.53 Å². The van der Waals surface area contributed by atoms with Gasteiger partial charge >= 0.3 is 12.0 Å². The summed E-state index contributed by atoms with van der Waals surface area (Å²) in [6, 6.07) is 4.56. The van der Waals surface area contributed by atoms with Gasteiger partial charge in [0.25, 0.3) is 0 Å². The Hall–Kier alpha value is -2.02. The van der Waals surface area contributed by atoms with Crippen LogP contribution >= 0.6 is 15.9 Å². The van der Waals surface area contributed by atoms with Crippen molar-refractivity contribution in [2.24, 2.45) is 0 Å². The van der Waals surface area contributed by atoms with Gasteiger partial charge in [0.2, 0.25) is 0 Å². The Balaban J connectivity index is 2.36. The number of esters is 1. The van der Waals surface area contributed by atoms with Gasteiger partial charge in [0.15, 0.2) is 0 Å². The van der Waals surface area contributed by atoms with Crippen molar-refractivity contribution in [1.29, 1.82) is 0 Å². The molecule has 7 heteroatoms. The monoisotopic (exact) mass is 410 g/mol. The van der Waals surface area contributed by atoms with Gasteiger partial charge in [-0.3, -0.25) is 0 Å². The lowest BCUT2D eigenvalue weighted by Crippen LogP contribution is -2.45. The number of amides is 2. The Kier molecular flexibility index (Phi) is 6.47. The number of ether oxygens (including phenoxy) is 2. The number of urea groups is 1. The minimum atomic E-state index is -0.581. The molecule has 2 rings (SSSR count). The SMILES string of the molecule is CCCOC(=O)C1=C(C)NC(=O)NC1c1ccc(OC(C)C)c(Br)c1. The first-order chi connectivity index (χ1) is 11.8. The molecular formula is C18H23BrN2O4. The number of carbonyl (C=O) groups is 2. The topological polar surface area (TPSA) is 76.7 Å². The standard InChI is InChI=1S/C18H23BrN2O4/c1-5-8-24-17(22)15-11(4)20-18(23)21-16(15)12-6-7-14(13(19)9-12)25-10(2)3/h6-7,9-10,16H,5,8H2,1-4H3,(H2,20,21,23). The van der Waals surface area contributed by atoms with Gasteiger partial charge in [0, 0.05) is 5.70 Å². The number of hydrogen-bond donors (Lipinski definition) is 2. The first-order valence-corrected chi connectivity index (χ1v) is 9.04. The molecule has 1 heterocycles. The Bertz CT molecular complexity index is 700. The lowest BCUT2D eigenvalue weighted by atomic mass is 9.95. The minimum Gasteiger partial charge on any atom is -0.490 e. The van der Waals surface area contributed by atoms with E-state index in [-0.39, 0.29) is 12.1 Å². The molecule has 0 radical (unpaired) electrons. The highest BCUT2D eigenvalue weighted by Crippen LogP contribution is 2.33. The predicted molar refractivity (Wildman–Crippen MR) is 98.3 cm³/mol. The van der Waals surface area contributed by atoms with Crippen molar-refractivity contribution in [2.45, 2.75) is 46.3 Å². The smallest absolute Gasteiger partial charge is 0.338 e. The minimum absolute atomic E-state index is 0.0439. The number of hydrogen-bond acceptors (Lipinski definition) is 4. The molecule has 0 aliphatic carbocycles. The zero-order valence-corrected chi connectivity index (χ0v) is 16.4. The second-order valence-electron chi connectivity index (χ2n) is 6.06. The van der Waals surface area contributed by atoms with Crippen molar-refractivity contribution in [1.82, 2.24) is 10.6 Å². The summed E-state index contributed by atoms with van der Waals surface area (Å²) in [6.45, 7) is 7.85. The van der Waals surface area contributed by atoms with Crippen LogP contribution in [0.3, 0.4) is 0 Å². The van der Waals surface area contributed by atoms with E-state index in [4.69, 9.17) is 9.47 Å². The lowest BCUT2D eigenvalue weighted by Gasteiger charge is -2.28. The van der Waals surface area contributed by atoms with E-state index in [0.717, 1.165) is 16.5 Å². The number of allylic oxidation sites excluding steroid dienone is 1. The van der Waals surface area contributed by atoms with Gasteiger partial charge in [-0.25, -0.2) is 9.59 Å². The highest BCUT2D eigenvalue weighted by Gasteiger charge is 2.32. The maximum Gasteiger partial charge on any atom is 0.338 e. The Morgan fingerprint density at radius 2 is 2.08 bits per heavy atom. The van der Waals surface area contributed by atoms with Crippen LogP contribution in [0.4, 0.5) is 4.79 Å². The summed E-state index contributed by atoms with van der Waals surface area (Å²) >= 11 is 3.49. The normalized spacial score (nSPS) is 17.2. The van der Waals surface area contributed by atoms with Crippen molar-refractivity contribution >= 4 is 27.9 Å². The molecule has 2 N–H and O–H groups in total. The number of carbonyl (C=O) groups excluding carboxylic acids is 2. The molecule has 0 bridgehead atoms. The highest BCUT2D eigenvalue weighted by atomic mass is 79.9. The van der Waals surface area contributed by atoms with Gasteiger partial charge in [0.1, 0.15) is 5.75 Å². The van der Waals surface area contributed by atoms with E-state index in [9.17, 15) is 9.59 Å². The number of rotatable bonds is 6. The Morgan fingerprint density at radius 3 is 2.68 bits per heavy atom. The first kappa shape index (κ1) is 19.3. The zero-order valence-electron chi connectivity index (χ0n) is 14.8. The van der Waals surface area contributed by atoms with Crippen LogP contribution < -0.4 is 15.4 Å². The molecule has 1 unspecified atom stereocenters. The number of halogens is 1. The molecule has 6 nitrogen and oxygen atoms in total. The summed E-state index contributed by atoms with van der Waals surface area (Å²) in [5.74, 6) is 0.269. The molecule has 0 spiro atoms. The largest absolute Gasteiger partial charge is 0.490 e. The van der Waals surface area contributed by atoms with E-state index < -0.39 is 12.0 Å². The van der Waals surface area contributed by atoms with Crippen LogP contribution in [-0.4, -0.2) is 24.7 Å². The van der Waals surface area contributed by atoms with Crippen LogP contribution in [0.15, 0.2) is 33.9 Å². The summed E-state index contributed by atoms with van der Waals surface area (Å²) < 4.78 is 11.7. The molecule has 1 aliphatic rings. The van der Waals surface area contributed by atoms with E-state index in [1.54, 1.807) is 6.92 Å². The molecule has 0 saturated heterocycles. The van der Waals surface area contributed by atoms with Crippen LogP contribution in [0.2, 0.25) is 0 Å². The van der Waals surface area contributed by atoms with Gasteiger partial charge < -0.3 is 20.1 Å². The molecule has 0 fully saturated rings. The molecule has 1 atom stereocenters. The molecule has 0 saturated carbocycles. The quantitative estimate of drug-likeness (QED) is 0.698. The molecule has 25 heavy (non-hydrogen) atoms. The van der Waals surface area contributed by atoms with E-state index >= 15 is 0 Å².